The van der Waals surface area contributed by atoms with Crippen LogP contribution in [0.4, 0.5) is 5.69 Å². The van der Waals surface area contributed by atoms with E-state index < -0.39 is 10.9 Å². The van der Waals surface area contributed by atoms with Crippen molar-refractivity contribution in [2.75, 3.05) is 0 Å². The van der Waals surface area contributed by atoms with Gasteiger partial charge in [0.2, 0.25) is 5.90 Å². The van der Waals surface area contributed by atoms with Gasteiger partial charge < -0.3 is 4.74 Å². The van der Waals surface area contributed by atoms with E-state index in [4.69, 9.17) is 16.3 Å². The molecule has 1 aliphatic rings. The zero-order chi connectivity index (χ0) is 16.4. The highest BCUT2D eigenvalue weighted by Gasteiger charge is 2.26. The molecule has 0 unspecified atom stereocenters. The number of hydrogen-bond acceptors (Lipinski definition) is 6. The summed E-state index contributed by atoms with van der Waals surface area (Å²) >= 11 is 5.75. The third-order valence-electron chi connectivity index (χ3n) is 2.98. The van der Waals surface area contributed by atoms with Gasteiger partial charge in [-0.05, 0) is 30.3 Å². The smallest absolute Gasteiger partial charge is 0.363 e. The number of carbonyl (C=O) groups is 1. The lowest BCUT2D eigenvalue weighted by Gasteiger charge is -2.00. The molecular formula is C15H8ClN3O4. The number of nitro groups is 1. The molecule has 0 amide bonds. The molecule has 1 aliphatic heterocycles. The van der Waals surface area contributed by atoms with E-state index in [2.05, 4.69) is 9.98 Å². The largest absolute Gasteiger partial charge is 0.402 e. The molecule has 0 radical (unpaired) electrons. The minimum atomic E-state index is -0.650. The summed E-state index contributed by atoms with van der Waals surface area (Å²) in [5, 5.41) is 10.9. The van der Waals surface area contributed by atoms with Gasteiger partial charge in [0, 0.05) is 17.8 Å². The van der Waals surface area contributed by atoms with Crippen LogP contribution < -0.4 is 0 Å². The molecule has 2 heterocycles. The summed E-state index contributed by atoms with van der Waals surface area (Å²) in [6, 6.07) is 9.28. The van der Waals surface area contributed by atoms with Crippen LogP contribution in [-0.2, 0) is 9.53 Å². The van der Waals surface area contributed by atoms with E-state index in [1.54, 1.807) is 24.4 Å². The number of carbonyl (C=O) groups excluding carboxylic acids is 1. The molecule has 7 nitrogen and oxygen atoms in total. The van der Waals surface area contributed by atoms with Gasteiger partial charge in [-0.15, -0.1) is 0 Å². The highest BCUT2D eigenvalue weighted by molar-refractivity contribution is 6.32. The standard InChI is InChI=1S/C15H8ClN3O4/c16-11-5-4-9(7-13(11)19(21)22)14-18-12(15(20)23-14)8-10-3-1-2-6-17-10/h1-8H/b12-8-. The van der Waals surface area contributed by atoms with Gasteiger partial charge in [0.05, 0.1) is 10.6 Å². The number of cyclic esters (lactones) is 1. The zero-order valence-electron chi connectivity index (χ0n) is 11.5. The third-order valence-corrected chi connectivity index (χ3v) is 3.30. The first kappa shape index (κ1) is 14.9. The predicted octanol–water partition coefficient (Wildman–Crippen LogP) is 2.99. The molecule has 0 fully saturated rings. The maximum atomic E-state index is 11.9. The summed E-state index contributed by atoms with van der Waals surface area (Å²) in [5.41, 5.74) is 0.617. The van der Waals surface area contributed by atoms with Crippen molar-refractivity contribution in [3.63, 3.8) is 0 Å². The summed E-state index contributed by atoms with van der Waals surface area (Å²) < 4.78 is 5.06. The first-order chi connectivity index (χ1) is 11.0. The average Bonchev–Trinajstić information content (AvgIpc) is 2.89. The van der Waals surface area contributed by atoms with E-state index in [1.807, 2.05) is 0 Å². The molecule has 0 atom stereocenters. The molecule has 0 bridgehead atoms. The average molecular weight is 330 g/mol. The molecule has 0 aliphatic carbocycles. The van der Waals surface area contributed by atoms with E-state index >= 15 is 0 Å². The van der Waals surface area contributed by atoms with Crippen LogP contribution in [0, 0.1) is 10.1 Å². The summed E-state index contributed by atoms with van der Waals surface area (Å²) in [6.07, 6.45) is 3.06. The Morgan fingerprint density at radius 2 is 2.09 bits per heavy atom. The quantitative estimate of drug-likeness (QED) is 0.373. The molecular weight excluding hydrogens is 322 g/mol. The maximum Gasteiger partial charge on any atom is 0.363 e. The van der Waals surface area contributed by atoms with Crippen molar-refractivity contribution < 1.29 is 14.5 Å². The highest BCUT2D eigenvalue weighted by atomic mass is 35.5. The summed E-state index contributed by atoms with van der Waals surface area (Å²) in [4.78, 5) is 30.3. The Morgan fingerprint density at radius 3 is 2.78 bits per heavy atom. The SMILES string of the molecule is O=C1OC(c2ccc(Cl)c([N+](=O)[O-])c2)=N/C1=C\c1ccccn1. The molecule has 8 heteroatoms. The number of esters is 1. The minimum Gasteiger partial charge on any atom is -0.402 e. The van der Waals surface area contributed by atoms with Crippen molar-refractivity contribution in [1.82, 2.24) is 4.98 Å². The topological polar surface area (TPSA) is 94.7 Å². The van der Waals surface area contributed by atoms with Crippen LogP contribution in [0.3, 0.4) is 0 Å². The molecule has 114 valence electrons. The fraction of sp³-hybridized carbons (Fsp3) is 0. The Balaban J connectivity index is 1.97. The normalized spacial score (nSPS) is 15.4. The molecule has 2 aromatic rings. The van der Waals surface area contributed by atoms with Crippen LogP contribution >= 0.6 is 11.6 Å². The zero-order valence-corrected chi connectivity index (χ0v) is 12.2. The molecule has 0 saturated heterocycles. The Bertz CT molecular complexity index is 862. The van der Waals surface area contributed by atoms with E-state index in [0.717, 1.165) is 0 Å². The molecule has 1 aromatic carbocycles. The second kappa shape index (κ2) is 5.98. The van der Waals surface area contributed by atoms with Crippen LogP contribution in [0.25, 0.3) is 6.08 Å². The number of rotatable bonds is 3. The number of halogens is 1. The fourth-order valence-electron chi connectivity index (χ4n) is 1.92. The lowest BCUT2D eigenvalue weighted by Crippen LogP contribution is -2.06. The number of nitro benzene ring substituents is 1. The summed E-state index contributed by atoms with van der Waals surface area (Å²) in [7, 11) is 0. The van der Waals surface area contributed by atoms with E-state index in [9.17, 15) is 14.9 Å². The van der Waals surface area contributed by atoms with Gasteiger partial charge in [-0.3, -0.25) is 15.1 Å². The number of nitrogens with zero attached hydrogens (tertiary/aromatic N) is 3. The van der Waals surface area contributed by atoms with Crippen molar-refractivity contribution in [3.8, 4) is 0 Å². The second-order valence-corrected chi connectivity index (χ2v) is 4.92. The van der Waals surface area contributed by atoms with Gasteiger partial charge in [-0.25, -0.2) is 9.79 Å². The summed E-state index contributed by atoms with van der Waals surface area (Å²) in [5.74, 6) is -0.666. The maximum absolute atomic E-state index is 11.9. The highest BCUT2D eigenvalue weighted by Crippen LogP contribution is 2.27. The Labute approximate surface area is 135 Å². The summed E-state index contributed by atoms with van der Waals surface area (Å²) in [6.45, 7) is 0. The van der Waals surface area contributed by atoms with E-state index in [1.165, 1.54) is 24.3 Å². The lowest BCUT2D eigenvalue weighted by molar-refractivity contribution is -0.384. The van der Waals surface area contributed by atoms with Crippen molar-refractivity contribution in [1.29, 1.82) is 0 Å². The number of ether oxygens (including phenoxy) is 1. The first-order valence-electron chi connectivity index (χ1n) is 6.42. The van der Waals surface area contributed by atoms with Crippen LogP contribution in [-0.4, -0.2) is 21.8 Å². The fourth-order valence-corrected chi connectivity index (χ4v) is 2.11. The number of hydrogen-bond donors (Lipinski definition) is 0. The van der Waals surface area contributed by atoms with Gasteiger partial charge in [-0.2, -0.15) is 0 Å². The monoisotopic (exact) mass is 329 g/mol. The Kier molecular flexibility index (Phi) is 3.86. The van der Waals surface area contributed by atoms with Crippen LogP contribution in [0.15, 0.2) is 53.3 Å². The molecule has 1 aromatic heterocycles. The molecule has 3 rings (SSSR count). The van der Waals surface area contributed by atoms with E-state index in [0.29, 0.717) is 11.3 Å². The first-order valence-corrected chi connectivity index (χ1v) is 6.80. The van der Waals surface area contributed by atoms with Crippen LogP contribution in [0.2, 0.25) is 5.02 Å². The van der Waals surface area contributed by atoms with Gasteiger partial charge in [0.1, 0.15) is 5.02 Å². The van der Waals surface area contributed by atoms with Crippen LogP contribution in [0.5, 0.6) is 0 Å². The van der Waals surface area contributed by atoms with Crippen molar-refractivity contribution in [3.05, 3.63) is 74.7 Å². The minimum absolute atomic E-state index is 0.00655. The van der Waals surface area contributed by atoms with Gasteiger partial charge in [-0.1, -0.05) is 17.7 Å². The van der Waals surface area contributed by atoms with E-state index in [-0.39, 0.29) is 22.3 Å². The van der Waals surface area contributed by atoms with Crippen molar-refractivity contribution >= 4 is 35.2 Å². The third kappa shape index (κ3) is 3.09. The number of aromatic nitrogens is 1. The lowest BCUT2D eigenvalue weighted by atomic mass is 10.2. The van der Waals surface area contributed by atoms with Gasteiger partial charge >= 0.3 is 5.97 Å². The molecule has 0 N–H and O–H groups in total. The second-order valence-electron chi connectivity index (χ2n) is 4.51. The van der Waals surface area contributed by atoms with Crippen molar-refractivity contribution in [2.24, 2.45) is 4.99 Å². The Morgan fingerprint density at radius 1 is 1.26 bits per heavy atom. The van der Waals surface area contributed by atoms with Gasteiger partial charge in [0.15, 0.2) is 5.70 Å². The van der Waals surface area contributed by atoms with Gasteiger partial charge in [0.25, 0.3) is 5.69 Å². The predicted molar refractivity (Wildman–Crippen MR) is 82.9 cm³/mol. The molecule has 0 spiro atoms. The number of aliphatic imine (C=N–C) groups is 1. The number of benzene rings is 1. The molecule has 23 heavy (non-hydrogen) atoms. The Hall–Kier alpha value is -3.06. The van der Waals surface area contributed by atoms with Crippen molar-refractivity contribution in [2.45, 2.75) is 0 Å². The van der Waals surface area contributed by atoms with Crippen LogP contribution in [0.1, 0.15) is 11.3 Å². The molecule has 0 saturated carbocycles. The number of pyridine rings is 1.